The van der Waals surface area contributed by atoms with E-state index in [-0.39, 0.29) is 11.3 Å². The number of pyridine rings is 1. The van der Waals surface area contributed by atoms with E-state index in [4.69, 9.17) is 11.0 Å². The Labute approximate surface area is 107 Å². The van der Waals surface area contributed by atoms with Crippen LogP contribution in [-0.2, 0) is 4.74 Å². The fourth-order valence-corrected chi connectivity index (χ4v) is 2.30. The van der Waals surface area contributed by atoms with E-state index < -0.39 is 5.97 Å². The van der Waals surface area contributed by atoms with Gasteiger partial charge < -0.3 is 10.5 Å². The molecular weight excluding hydrogens is 250 g/mol. The van der Waals surface area contributed by atoms with E-state index in [0.717, 1.165) is 4.88 Å². The molecule has 2 aromatic rings. The first-order chi connectivity index (χ1) is 8.67. The smallest absolute Gasteiger partial charge is 0.340 e. The Morgan fingerprint density at radius 1 is 1.50 bits per heavy atom. The zero-order valence-electron chi connectivity index (χ0n) is 9.51. The first kappa shape index (κ1) is 12.1. The molecule has 2 heterocycles. The average Bonchev–Trinajstić information content (AvgIpc) is 2.86. The van der Waals surface area contributed by atoms with Gasteiger partial charge in [0.15, 0.2) is 0 Å². The van der Waals surface area contributed by atoms with E-state index >= 15 is 0 Å². The molecule has 0 amide bonds. The molecule has 0 saturated heterocycles. The molecule has 90 valence electrons. The molecular formula is C12H9N3O2S. The van der Waals surface area contributed by atoms with E-state index in [9.17, 15) is 4.79 Å². The van der Waals surface area contributed by atoms with E-state index in [1.54, 1.807) is 12.1 Å². The van der Waals surface area contributed by atoms with Crippen LogP contribution in [0.5, 0.6) is 0 Å². The van der Waals surface area contributed by atoms with Crippen LogP contribution < -0.4 is 5.73 Å². The zero-order valence-corrected chi connectivity index (χ0v) is 10.3. The number of carbonyl (C=O) groups excluding carboxylic acids is 1. The summed E-state index contributed by atoms with van der Waals surface area (Å²) in [5, 5.41) is 8.78. The number of thiophene rings is 1. The standard InChI is InChI=1S/C12H9N3O2S/c1-17-12(16)8-4-5-15-11(10(8)14)9-3-2-7(6-13)18-9/h2-5H,14H2,1H3. The van der Waals surface area contributed by atoms with E-state index in [1.807, 2.05) is 6.07 Å². The molecule has 0 radical (unpaired) electrons. The summed E-state index contributed by atoms with van der Waals surface area (Å²) in [5.41, 5.74) is 6.93. The van der Waals surface area contributed by atoms with Gasteiger partial charge in [-0.2, -0.15) is 5.26 Å². The predicted molar refractivity (Wildman–Crippen MR) is 68.0 cm³/mol. The number of hydrogen-bond donors (Lipinski definition) is 1. The second kappa shape index (κ2) is 4.85. The van der Waals surface area contributed by atoms with Crippen LogP contribution in [0.2, 0.25) is 0 Å². The maximum atomic E-state index is 11.5. The summed E-state index contributed by atoms with van der Waals surface area (Å²) >= 11 is 1.27. The first-order valence-corrected chi connectivity index (χ1v) is 5.82. The van der Waals surface area contributed by atoms with Gasteiger partial charge in [0.25, 0.3) is 0 Å². The largest absolute Gasteiger partial charge is 0.465 e. The van der Waals surface area contributed by atoms with E-state index in [0.29, 0.717) is 10.6 Å². The van der Waals surface area contributed by atoms with Gasteiger partial charge in [-0.15, -0.1) is 11.3 Å². The molecule has 0 unspecified atom stereocenters. The van der Waals surface area contributed by atoms with Gasteiger partial charge in [-0.25, -0.2) is 4.79 Å². The molecule has 2 N–H and O–H groups in total. The number of ether oxygens (including phenoxy) is 1. The minimum absolute atomic E-state index is 0.260. The third-order valence-corrected chi connectivity index (χ3v) is 3.34. The Hall–Kier alpha value is -2.39. The van der Waals surface area contributed by atoms with E-state index in [1.165, 1.54) is 30.7 Å². The number of nitrogen functional groups attached to an aromatic ring is 1. The number of nitriles is 1. The molecule has 0 aliphatic rings. The Bertz CT molecular complexity index is 643. The lowest BCUT2D eigenvalue weighted by atomic mass is 10.1. The summed E-state index contributed by atoms with van der Waals surface area (Å²) < 4.78 is 4.64. The molecule has 6 heteroatoms. The van der Waals surface area contributed by atoms with Crippen LogP contribution in [0.3, 0.4) is 0 Å². The molecule has 2 aromatic heterocycles. The highest BCUT2D eigenvalue weighted by Gasteiger charge is 2.16. The van der Waals surface area contributed by atoms with Gasteiger partial charge in [-0.05, 0) is 18.2 Å². The molecule has 0 atom stereocenters. The number of rotatable bonds is 2. The second-order valence-corrected chi connectivity index (χ2v) is 4.47. The highest BCUT2D eigenvalue weighted by Crippen LogP contribution is 2.31. The topological polar surface area (TPSA) is 89.0 Å². The normalized spacial score (nSPS) is 9.78. The second-order valence-electron chi connectivity index (χ2n) is 3.39. The van der Waals surface area contributed by atoms with Crippen LogP contribution >= 0.6 is 11.3 Å². The van der Waals surface area contributed by atoms with Gasteiger partial charge in [0.2, 0.25) is 0 Å². The van der Waals surface area contributed by atoms with Gasteiger partial charge in [-0.1, -0.05) is 0 Å². The number of methoxy groups -OCH3 is 1. The summed E-state index contributed by atoms with van der Waals surface area (Å²) in [4.78, 5) is 17.0. The van der Waals surface area contributed by atoms with Crippen molar-refractivity contribution in [1.29, 1.82) is 5.26 Å². The van der Waals surface area contributed by atoms with Gasteiger partial charge in [0.1, 0.15) is 16.6 Å². The quantitative estimate of drug-likeness (QED) is 0.834. The van der Waals surface area contributed by atoms with Gasteiger partial charge >= 0.3 is 5.97 Å². The van der Waals surface area contributed by atoms with Crippen LogP contribution in [0.4, 0.5) is 5.69 Å². The fraction of sp³-hybridized carbons (Fsp3) is 0.0833. The SMILES string of the molecule is COC(=O)c1ccnc(-c2ccc(C#N)s2)c1N. The third kappa shape index (κ3) is 2.04. The lowest BCUT2D eigenvalue weighted by Crippen LogP contribution is -2.07. The van der Waals surface area contributed by atoms with Crippen molar-refractivity contribution in [3.63, 3.8) is 0 Å². The van der Waals surface area contributed by atoms with Crippen molar-refractivity contribution in [3.8, 4) is 16.6 Å². The molecule has 0 aliphatic carbocycles. The lowest BCUT2D eigenvalue weighted by molar-refractivity contribution is 0.0602. The number of nitrogens with zero attached hydrogens (tertiary/aromatic N) is 2. The number of esters is 1. The lowest BCUT2D eigenvalue weighted by Gasteiger charge is -2.06. The van der Waals surface area contributed by atoms with Crippen molar-refractivity contribution in [1.82, 2.24) is 4.98 Å². The Morgan fingerprint density at radius 2 is 2.28 bits per heavy atom. The highest BCUT2D eigenvalue weighted by atomic mass is 32.1. The van der Waals surface area contributed by atoms with Crippen LogP contribution in [0.1, 0.15) is 15.2 Å². The number of hydrogen-bond acceptors (Lipinski definition) is 6. The Balaban J connectivity index is 2.52. The maximum Gasteiger partial charge on any atom is 0.340 e. The van der Waals surface area contributed by atoms with Crippen molar-refractivity contribution in [2.45, 2.75) is 0 Å². The highest BCUT2D eigenvalue weighted by molar-refractivity contribution is 7.16. The zero-order chi connectivity index (χ0) is 13.1. The number of anilines is 1. The summed E-state index contributed by atoms with van der Waals surface area (Å²) in [7, 11) is 1.29. The summed E-state index contributed by atoms with van der Waals surface area (Å²) in [6.45, 7) is 0. The summed E-state index contributed by atoms with van der Waals surface area (Å²) in [6.07, 6.45) is 1.49. The first-order valence-electron chi connectivity index (χ1n) is 5.00. The van der Waals surface area contributed by atoms with Gasteiger partial charge in [0, 0.05) is 6.20 Å². The van der Waals surface area contributed by atoms with Gasteiger partial charge in [-0.3, -0.25) is 4.98 Å². The van der Waals surface area contributed by atoms with Crippen molar-refractivity contribution >= 4 is 23.0 Å². The molecule has 0 spiro atoms. The monoisotopic (exact) mass is 259 g/mol. The van der Waals surface area contributed by atoms with Crippen molar-refractivity contribution < 1.29 is 9.53 Å². The van der Waals surface area contributed by atoms with Crippen LogP contribution in [-0.4, -0.2) is 18.1 Å². The molecule has 0 fully saturated rings. The third-order valence-electron chi connectivity index (χ3n) is 2.35. The molecule has 0 saturated carbocycles. The van der Waals surface area contributed by atoms with Crippen molar-refractivity contribution in [3.05, 3.63) is 34.8 Å². The van der Waals surface area contributed by atoms with Crippen LogP contribution in [0.25, 0.3) is 10.6 Å². The van der Waals surface area contributed by atoms with Crippen molar-refractivity contribution in [2.75, 3.05) is 12.8 Å². The number of nitrogens with two attached hydrogens (primary N) is 1. The summed E-state index contributed by atoms with van der Waals surface area (Å²) in [6, 6.07) is 6.99. The number of carbonyl (C=O) groups is 1. The molecule has 18 heavy (non-hydrogen) atoms. The van der Waals surface area contributed by atoms with Crippen LogP contribution in [0.15, 0.2) is 24.4 Å². The summed E-state index contributed by atoms with van der Waals surface area (Å²) in [5.74, 6) is -0.506. The molecule has 0 aromatic carbocycles. The molecule has 0 bridgehead atoms. The Morgan fingerprint density at radius 3 is 2.89 bits per heavy atom. The van der Waals surface area contributed by atoms with Crippen LogP contribution in [0, 0.1) is 11.3 Å². The average molecular weight is 259 g/mol. The fourth-order valence-electron chi connectivity index (χ4n) is 1.48. The minimum Gasteiger partial charge on any atom is -0.465 e. The molecule has 2 rings (SSSR count). The number of aromatic nitrogens is 1. The minimum atomic E-state index is -0.506. The Kier molecular flexibility index (Phi) is 3.26. The van der Waals surface area contributed by atoms with Gasteiger partial charge in [0.05, 0.1) is 23.2 Å². The maximum absolute atomic E-state index is 11.5. The molecule has 5 nitrogen and oxygen atoms in total. The molecule has 0 aliphatic heterocycles. The van der Waals surface area contributed by atoms with E-state index in [2.05, 4.69) is 9.72 Å². The predicted octanol–water partition coefficient (Wildman–Crippen LogP) is 2.05. The van der Waals surface area contributed by atoms with Crippen molar-refractivity contribution in [2.24, 2.45) is 0 Å².